The molecule has 0 radical (unpaired) electrons. The molecule has 2 aliphatic heterocycles. The van der Waals surface area contributed by atoms with Crippen LogP contribution in [-0.4, -0.2) is 14.5 Å². The van der Waals surface area contributed by atoms with Gasteiger partial charge in [-0.3, -0.25) is 0 Å². The molecule has 12 aromatic rings. The summed E-state index contributed by atoms with van der Waals surface area (Å²) in [5.74, 6) is 0.701. The largest absolute Gasteiger partial charge is 0.456 e. The van der Waals surface area contributed by atoms with Crippen LogP contribution in [-0.2, 0) is 0 Å². The zero-order valence-electron chi connectivity index (χ0n) is 32.8. The van der Waals surface area contributed by atoms with Crippen molar-refractivity contribution in [3.05, 3.63) is 187 Å². The van der Waals surface area contributed by atoms with Gasteiger partial charge in [0.25, 0.3) is 0 Å². The fourth-order valence-electron chi connectivity index (χ4n) is 10.4. The molecule has 6 heterocycles. The van der Waals surface area contributed by atoms with Crippen molar-refractivity contribution in [3.8, 4) is 39.6 Å². The predicted octanol–water partition coefficient (Wildman–Crippen LogP) is 15.5. The van der Waals surface area contributed by atoms with E-state index in [1.807, 2.05) is 11.3 Å². The lowest BCUT2D eigenvalue weighted by atomic mass is 9.85. The van der Waals surface area contributed by atoms with Crippen molar-refractivity contribution in [2.45, 2.75) is 12.3 Å². The molecular formula is C56H33N3OS. The summed E-state index contributed by atoms with van der Waals surface area (Å²) >= 11 is 1.82. The van der Waals surface area contributed by atoms with Crippen LogP contribution >= 0.6 is 11.3 Å². The average molecular weight is 796 g/mol. The van der Waals surface area contributed by atoms with E-state index in [1.165, 1.54) is 58.4 Å². The van der Waals surface area contributed by atoms with E-state index >= 15 is 0 Å². The second-order valence-electron chi connectivity index (χ2n) is 16.4. The number of para-hydroxylation sites is 1. The number of hydrogen-bond acceptors (Lipinski definition) is 4. The summed E-state index contributed by atoms with van der Waals surface area (Å²) in [7, 11) is 0. The maximum Gasteiger partial charge on any atom is 0.161 e. The number of nitrogens with zero attached hydrogens (tertiary/aromatic N) is 3. The summed E-state index contributed by atoms with van der Waals surface area (Å²) in [6.45, 7) is 0. The lowest BCUT2D eigenvalue weighted by molar-refractivity contribution is 0.669. The van der Waals surface area contributed by atoms with Gasteiger partial charge in [-0.15, -0.1) is 11.3 Å². The van der Waals surface area contributed by atoms with E-state index in [0.717, 1.165) is 73.2 Å². The molecule has 0 N–H and O–H groups in total. The van der Waals surface area contributed by atoms with Gasteiger partial charge in [0.1, 0.15) is 11.2 Å². The number of fused-ring (bicyclic) bond motifs is 10. The standard InChI is InChI=1S/C56H33N3OS/c1-2-12-34(13-3-1)52-49-33-16-10-19-37-32(24-25-33)26-27-38-43-30-35-14-4-5-15-36(35)31-44(43)59(54(37)38)55-42(28-29-46-51(55)39-17-6-8-21-45(39)60-46)53(49)58-56(57-52)41-20-11-23-48-50(41)40-18-7-9-22-47(40)61-48/h1-15,17-31,33H,16H2/b19-10-,25-24-. The molecule has 0 amide bonds. The fourth-order valence-corrected chi connectivity index (χ4v) is 11.5. The molecule has 0 saturated carbocycles. The first-order valence-corrected chi connectivity index (χ1v) is 21.7. The number of benzene rings is 8. The summed E-state index contributed by atoms with van der Waals surface area (Å²) in [6, 6.07) is 57.0. The summed E-state index contributed by atoms with van der Waals surface area (Å²) in [4.78, 5) is 11.6. The Morgan fingerprint density at radius 1 is 0.574 bits per heavy atom. The van der Waals surface area contributed by atoms with Crippen molar-refractivity contribution in [2.75, 3.05) is 0 Å². The molecule has 61 heavy (non-hydrogen) atoms. The lowest BCUT2D eigenvalue weighted by Gasteiger charge is -2.23. The average Bonchev–Trinajstić information content (AvgIpc) is 3.97. The second-order valence-corrected chi connectivity index (χ2v) is 17.4. The third-order valence-electron chi connectivity index (χ3n) is 13.1. The molecule has 8 aromatic carbocycles. The van der Waals surface area contributed by atoms with Crippen molar-refractivity contribution < 1.29 is 4.42 Å². The molecular weight excluding hydrogens is 763 g/mol. The molecule has 0 spiro atoms. The number of thiophene rings is 1. The van der Waals surface area contributed by atoms with E-state index < -0.39 is 0 Å². The van der Waals surface area contributed by atoms with Crippen LogP contribution in [0.4, 0.5) is 0 Å². The van der Waals surface area contributed by atoms with Crippen molar-refractivity contribution in [2.24, 2.45) is 0 Å². The maximum atomic E-state index is 6.75. The van der Waals surface area contributed by atoms with Crippen LogP contribution in [0.5, 0.6) is 0 Å². The first-order valence-electron chi connectivity index (χ1n) is 20.9. The second kappa shape index (κ2) is 12.5. The highest BCUT2D eigenvalue weighted by Crippen LogP contribution is 2.50. The third-order valence-corrected chi connectivity index (χ3v) is 14.2. The number of furan rings is 1. The first-order chi connectivity index (χ1) is 30.2. The van der Waals surface area contributed by atoms with E-state index in [0.29, 0.717) is 5.82 Å². The zero-order valence-corrected chi connectivity index (χ0v) is 33.6. The Bertz CT molecular complexity index is 3920. The van der Waals surface area contributed by atoms with Gasteiger partial charge in [0.15, 0.2) is 5.82 Å². The van der Waals surface area contributed by atoms with Crippen LogP contribution < -0.4 is 0 Å². The Balaban J connectivity index is 1.23. The smallest absolute Gasteiger partial charge is 0.161 e. The van der Waals surface area contributed by atoms with Crippen LogP contribution in [0.1, 0.15) is 29.0 Å². The first kappa shape index (κ1) is 33.3. The molecule has 5 heteroatoms. The highest BCUT2D eigenvalue weighted by atomic mass is 32.1. The van der Waals surface area contributed by atoms with Gasteiger partial charge < -0.3 is 8.98 Å². The Morgan fingerprint density at radius 3 is 2.28 bits per heavy atom. The van der Waals surface area contributed by atoms with Crippen LogP contribution in [0.15, 0.2) is 174 Å². The molecule has 1 aliphatic carbocycles. The minimum absolute atomic E-state index is 0.0140. The fraction of sp³-hybridized carbons (Fsp3) is 0.0357. The number of hydrogen-bond donors (Lipinski definition) is 0. The van der Waals surface area contributed by atoms with E-state index in [-0.39, 0.29) is 5.92 Å². The Hall–Kier alpha value is -7.60. The van der Waals surface area contributed by atoms with Crippen LogP contribution in [0, 0.1) is 0 Å². The van der Waals surface area contributed by atoms with Gasteiger partial charge in [-0.2, -0.15) is 0 Å². The number of aromatic nitrogens is 3. The molecule has 4 bridgehead atoms. The van der Waals surface area contributed by atoms with Crippen molar-refractivity contribution in [1.29, 1.82) is 0 Å². The van der Waals surface area contributed by atoms with Gasteiger partial charge in [-0.05, 0) is 65.2 Å². The molecule has 15 rings (SSSR count). The molecule has 0 saturated heterocycles. The molecule has 4 nitrogen and oxygen atoms in total. The predicted molar refractivity (Wildman–Crippen MR) is 256 cm³/mol. The molecule has 284 valence electrons. The van der Waals surface area contributed by atoms with E-state index in [1.54, 1.807) is 0 Å². The van der Waals surface area contributed by atoms with Gasteiger partial charge in [0, 0.05) is 70.1 Å². The van der Waals surface area contributed by atoms with E-state index in [2.05, 4.69) is 187 Å². The summed E-state index contributed by atoms with van der Waals surface area (Å²) in [6.07, 6.45) is 10.3. The van der Waals surface area contributed by atoms with Gasteiger partial charge in [0.2, 0.25) is 0 Å². The van der Waals surface area contributed by atoms with E-state index in [4.69, 9.17) is 14.4 Å². The molecule has 1 unspecified atom stereocenters. The van der Waals surface area contributed by atoms with Gasteiger partial charge in [-0.25, -0.2) is 9.97 Å². The number of rotatable bonds is 2. The SMILES string of the molecule is C1=C\c2c3ccc4c5cc6ccccc6cc5n(c24)-c2c(ccc4oc5ccccc5c24)-c2nc(-c4cccc5sc6ccccc6c45)nc(-c4ccccc4)c2C(/C=C\3)C/1. The zero-order chi connectivity index (χ0) is 39.8. The Kier molecular flexibility index (Phi) is 6.79. The highest BCUT2D eigenvalue weighted by molar-refractivity contribution is 7.25. The lowest BCUT2D eigenvalue weighted by Crippen LogP contribution is -2.09. The van der Waals surface area contributed by atoms with Crippen molar-refractivity contribution in [1.82, 2.24) is 14.5 Å². The van der Waals surface area contributed by atoms with Gasteiger partial charge in [-0.1, -0.05) is 140 Å². The Morgan fingerprint density at radius 2 is 1.36 bits per heavy atom. The van der Waals surface area contributed by atoms with Crippen LogP contribution in [0.2, 0.25) is 0 Å². The van der Waals surface area contributed by atoms with Gasteiger partial charge >= 0.3 is 0 Å². The van der Waals surface area contributed by atoms with Crippen LogP contribution in [0.3, 0.4) is 0 Å². The summed E-state index contributed by atoms with van der Waals surface area (Å²) in [5.41, 5.74) is 13.6. The highest BCUT2D eigenvalue weighted by Gasteiger charge is 2.31. The van der Waals surface area contributed by atoms with Crippen molar-refractivity contribution in [3.63, 3.8) is 0 Å². The maximum absolute atomic E-state index is 6.75. The normalized spacial score (nSPS) is 15.6. The topological polar surface area (TPSA) is 43.9 Å². The van der Waals surface area contributed by atoms with Gasteiger partial charge in [0.05, 0.1) is 33.5 Å². The minimum atomic E-state index is -0.0140. The molecule has 3 aliphatic rings. The quantitative estimate of drug-likeness (QED) is 0.175. The molecule has 1 atom stereocenters. The minimum Gasteiger partial charge on any atom is -0.456 e. The summed E-state index contributed by atoms with van der Waals surface area (Å²) in [5, 5.41) is 9.41. The number of allylic oxidation sites excluding steroid dienone is 2. The monoisotopic (exact) mass is 795 g/mol. The third kappa shape index (κ3) is 4.69. The summed E-state index contributed by atoms with van der Waals surface area (Å²) < 4.78 is 11.8. The van der Waals surface area contributed by atoms with E-state index in [9.17, 15) is 0 Å². The Labute approximate surface area is 354 Å². The van der Waals surface area contributed by atoms with Crippen LogP contribution in [0.25, 0.3) is 126 Å². The molecule has 4 aromatic heterocycles. The van der Waals surface area contributed by atoms with Crippen molar-refractivity contribution >= 4 is 98.2 Å². The molecule has 0 fully saturated rings.